The lowest BCUT2D eigenvalue weighted by atomic mass is 9.95. The first-order valence-electron chi connectivity index (χ1n) is 10.4. The highest BCUT2D eigenvalue weighted by Crippen LogP contribution is 2.27. The predicted molar refractivity (Wildman–Crippen MR) is 124 cm³/mol. The number of hydrogen-bond acceptors (Lipinski definition) is 7. The van der Waals surface area contributed by atoms with E-state index in [0.717, 1.165) is 12.8 Å². The number of aromatic nitrogens is 1. The Labute approximate surface area is 187 Å². The number of pyridine rings is 1. The molecular formula is C21H29N5O5S. The van der Waals surface area contributed by atoms with Gasteiger partial charge in [0.1, 0.15) is 11.5 Å². The van der Waals surface area contributed by atoms with Crippen molar-refractivity contribution in [1.29, 1.82) is 0 Å². The Balaban J connectivity index is 2.02. The molecule has 1 amide bonds. The summed E-state index contributed by atoms with van der Waals surface area (Å²) in [5, 5.41) is 2.58. The first-order valence-corrected chi connectivity index (χ1v) is 12.1. The maximum absolute atomic E-state index is 13.4. The number of ether oxygens (including phenoxy) is 1. The Morgan fingerprint density at radius 2 is 2.12 bits per heavy atom. The van der Waals surface area contributed by atoms with Crippen LogP contribution in [0.1, 0.15) is 31.9 Å². The number of rotatable bonds is 8. The third kappa shape index (κ3) is 5.10. The highest BCUT2D eigenvalue weighted by molar-refractivity contribution is 7.92. The first-order chi connectivity index (χ1) is 15.1. The number of anilines is 1. The van der Waals surface area contributed by atoms with Crippen LogP contribution in [0.25, 0.3) is 5.70 Å². The van der Waals surface area contributed by atoms with Crippen molar-refractivity contribution in [2.24, 2.45) is 10.7 Å². The number of dihydropyridines is 1. The summed E-state index contributed by atoms with van der Waals surface area (Å²) in [7, 11) is -3.82. The number of nitrogens with one attached hydrogen (secondary N) is 2. The van der Waals surface area contributed by atoms with Gasteiger partial charge in [-0.3, -0.25) is 23.9 Å². The van der Waals surface area contributed by atoms with E-state index in [9.17, 15) is 18.0 Å². The van der Waals surface area contributed by atoms with Crippen LogP contribution in [0.5, 0.6) is 0 Å². The van der Waals surface area contributed by atoms with E-state index in [1.165, 1.54) is 10.6 Å². The van der Waals surface area contributed by atoms with Crippen molar-refractivity contribution in [3.05, 3.63) is 45.9 Å². The van der Waals surface area contributed by atoms with Gasteiger partial charge in [-0.2, -0.15) is 0 Å². The molecule has 0 aromatic carbocycles. The third-order valence-electron chi connectivity index (χ3n) is 5.56. The molecule has 0 aliphatic carbocycles. The molecule has 2 atom stereocenters. The molecule has 4 N–H and O–H groups in total. The van der Waals surface area contributed by atoms with Crippen LogP contribution in [0.2, 0.25) is 0 Å². The molecule has 174 valence electrons. The molecule has 2 unspecified atom stereocenters. The summed E-state index contributed by atoms with van der Waals surface area (Å²) in [5.41, 5.74) is 7.43. The summed E-state index contributed by atoms with van der Waals surface area (Å²) in [6.07, 6.45) is 2.62. The van der Waals surface area contributed by atoms with Crippen molar-refractivity contribution in [2.45, 2.75) is 45.3 Å². The van der Waals surface area contributed by atoms with Crippen molar-refractivity contribution in [2.75, 3.05) is 23.6 Å². The highest BCUT2D eigenvalue weighted by Gasteiger charge is 2.28. The van der Waals surface area contributed by atoms with Crippen LogP contribution in [-0.4, -0.2) is 56.3 Å². The van der Waals surface area contributed by atoms with Crippen molar-refractivity contribution in [1.82, 2.24) is 9.88 Å². The van der Waals surface area contributed by atoms with Crippen LogP contribution in [0.4, 0.5) is 5.69 Å². The van der Waals surface area contributed by atoms with Gasteiger partial charge in [0.25, 0.3) is 5.56 Å². The zero-order valence-electron chi connectivity index (χ0n) is 18.3. The fourth-order valence-corrected chi connectivity index (χ4v) is 5.20. The summed E-state index contributed by atoms with van der Waals surface area (Å²) in [4.78, 5) is 28.6. The lowest BCUT2D eigenvalue weighted by molar-refractivity contribution is -0.109. The van der Waals surface area contributed by atoms with E-state index in [1.807, 2.05) is 0 Å². The standard InChI is InChI=1S/C21H29N5O5S/c1-13-7-8-18(25-32(29,30)11-16-6-4-5-9-31-16)21(28)26(13)19-17(10-23-12-27)14(2)15(3)24-20(19)22/h7-8,12,15-16,25H,2,4-6,9-11H2,1,3H3,(H2,22,24)(H,23,27). The maximum atomic E-state index is 13.4. The Kier molecular flexibility index (Phi) is 7.19. The Morgan fingerprint density at radius 3 is 2.78 bits per heavy atom. The number of aliphatic imine (C=N–C) groups is 1. The van der Waals surface area contributed by atoms with Crippen LogP contribution >= 0.6 is 0 Å². The summed E-state index contributed by atoms with van der Waals surface area (Å²) < 4.78 is 34.6. The third-order valence-corrected chi connectivity index (χ3v) is 6.90. The molecule has 10 nitrogen and oxygen atoms in total. The quantitative estimate of drug-likeness (QED) is 0.485. The molecule has 1 aromatic rings. The second-order valence-corrected chi connectivity index (χ2v) is 9.71. The summed E-state index contributed by atoms with van der Waals surface area (Å²) in [6.45, 7) is 8.16. The number of carbonyl (C=O) groups excluding carboxylic acids is 1. The van der Waals surface area contributed by atoms with E-state index in [1.54, 1.807) is 19.9 Å². The predicted octanol–water partition coefficient (Wildman–Crippen LogP) is 0.740. The van der Waals surface area contributed by atoms with Crippen molar-refractivity contribution >= 4 is 33.7 Å². The van der Waals surface area contributed by atoms with Gasteiger partial charge in [0, 0.05) is 24.4 Å². The smallest absolute Gasteiger partial charge is 0.279 e. The van der Waals surface area contributed by atoms with Crippen LogP contribution < -0.4 is 21.3 Å². The minimum absolute atomic E-state index is 0.0963. The van der Waals surface area contributed by atoms with Gasteiger partial charge < -0.3 is 15.8 Å². The normalized spacial score (nSPS) is 21.8. The number of sulfonamides is 1. The number of carbonyl (C=O) groups is 1. The molecule has 11 heteroatoms. The van der Waals surface area contributed by atoms with Crippen molar-refractivity contribution in [3.8, 4) is 0 Å². The largest absolute Gasteiger partial charge is 0.382 e. The lowest BCUT2D eigenvalue weighted by Crippen LogP contribution is -2.37. The molecule has 3 heterocycles. The van der Waals surface area contributed by atoms with Gasteiger partial charge in [-0.25, -0.2) is 8.42 Å². The van der Waals surface area contributed by atoms with E-state index < -0.39 is 21.7 Å². The molecule has 3 rings (SSSR count). The van der Waals surface area contributed by atoms with Gasteiger partial charge in [-0.15, -0.1) is 0 Å². The number of nitrogens with two attached hydrogens (primary N) is 1. The second-order valence-electron chi connectivity index (χ2n) is 7.94. The molecule has 0 radical (unpaired) electrons. The molecule has 0 spiro atoms. The minimum atomic E-state index is -3.82. The SMILES string of the molecule is C=C1C(CNC=O)=C(n2c(C)ccc(NS(=O)(=O)CC3CCCCO3)c2=O)C(N)=NC1C. The molecular weight excluding hydrogens is 434 g/mol. The monoisotopic (exact) mass is 463 g/mol. The maximum Gasteiger partial charge on any atom is 0.279 e. The Bertz CT molecular complexity index is 1130. The molecule has 0 bridgehead atoms. The van der Waals surface area contributed by atoms with E-state index in [4.69, 9.17) is 10.5 Å². The molecule has 2 aliphatic heterocycles. The van der Waals surface area contributed by atoms with Crippen LogP contribution in [0.3, 0.4) is 0 Å². The van der Waals surface area contributed by atoms with Gasteiger partial charge in [-0.05, 0) is 50.8 Å². The van der Waals surface area contributed by atoms with E-state index >= 15 is 0 Å². The van der Waals surface area contributed by atoms with E-state index in [0.29, 0.717) is 36.3 Å². The summed E-state index contributed by atoms with van der Waals surface area (Å²) in [6, 6.07) is 2.71. The Hall–Kier alpha value is -2.92. The summed E-state index contributed by atoms with van der Waals surface area (Å²) in [5.74, 6) is -0.122. The number of aryl methyl sites for hydroxylation is 1. The highest BCUT2D eigenvalue weighted by atomic mass is 32.2. The number of nitrogens with zero attached hydrogens (tertiary/aromatic N) is 2. The van der Waals surface area contributed by atoms with Gasteiger partial charge in [0.05, 0.1) is 23.6 Å². The molecule has 1 fully saturated rings. The fraction of sp³-hybridized carbons (Fsp3) is 0.476. The van der Waals surface area contributed by atoms with E-state index in [2.05, 4.69) is 21.6 Å². The number of amides is 1. The average molecular weight is 464 g/mol. The average Bonchev–Trinajstić information content (AvgIpc) is 2.73. The van der Waals surface area contributed by atoms with Gasteiger partial charge in [0.2, 0.25) is 16.4 Å². The molecule has 1 aromatic heterocycles. The molecule has 32 heavy (non-hydrogen) atoms. The fourth-order valence-electron chi connectivity index (χ4n) is 3.88. The van der Waals surface area contributed by atoms with Crippen LogP contribution in [-0.2, 0) is 19.6 Å². The van der Waals surface area contributed by atoms with Crippen LogP contribution in [0, 0.1) is 6.92 Å². The number of hydrogen-bond donors (Lipinski definition) is 3. The van der Waals surface area contributed by atoms with E-state index in [-0.39, 0.29) is 35.6 Å². The zero-order chi connectivity index (χ0) is 23.5. The topological polar surface area (TPSA) is 145 Å². The van der Waals surface area contributed by atoms with Crippen molar-refractivity contribution < 1.29 is 17.9 Å². The molecule has 1 saturated heterocycles. The molecule has 0 saturated carbocycles. The lowest BCUT2D eigenvalue weighted by Gasteiger charge is -2.27. The van der Waals surface area contributed by atoms with Gasteiger partial charge in [0.15, 0.2) is 0 Å². The van der Waals surface area contributed by atoms with Gasteiger partial charge >= 0.3 is 0 Å². The second kappa shape index (κ2) is 9.70. The first kappa shape index (κ1) is 23.7. The van der Waals surface area contributed by atoms with Gasteiger partial charge in [-0.1, -0.05) is 6.58 Å². The van der Waals surface area contributed by atoms with Crippen molar-refractivity contribution in [3.63, 3.8) is 0 Å². The number of amidine groups is 1. The Morgan fingerprint density at radius 1 is 1.38 bits per heavy atom. The zero-order valence-corrected chi connectivity index (χ0v) is 19.1. The summed E-state index contributed by atoms with van der Waals surface area (Å²) >= 11 is 0. The van der Waals surface area contributed by atoms with Crippen LogP contribution in [0.15, 0.2) is 39.6 Å². The molecule has 2 aliphatic rings. The minimum Gasteiger partial charge on any atom is -0.382 e.